The Labute approximate surface area is 356 Å². The van der Waals surface area contributed by atoms with Crippen LogP contribution in [0, 0.1) is 0 Å². The van der Waals surface area contributed by atoms with Gasteiger partial charge >= 0.3 is 0 Å². The van der Waals surface area contributed by atoms with E-state index in [2.05, 4.69) is 113 Å². The van der Waals surface area contributed by atoms with E-state index in [4.69, 9.17) is 18.9 Å². The van der Waals surface area contributed by atoms with Gasteiger partial charge in [0.2, 0.25) is 0 Å². The summed E-state index contributed by atoms with van der Waals surface area (Å²) in [7, 11) is 0. The van der Waals surface area contributed by atoms with Crippen molar-refractivity contribution in [3.8, 4) is 23.0 Å². The van der Waals surface area contributed by atoms with E-state index >= 15 is 0 Å². The zero-order chi connectivity index (χ0) is 41.1. The van der Waals surface area contributed by atoms with E-state index in [-0.39, 0.29) is 0 Å². The van der Waals surface area contributed by atoms with Gasteiger partial charge in [-0.15, -0.1) is 0 Å². The molecule has 0 atom stereocenters. The van der Waals surface area contributed by atoms with Crippen LogP contribution < -0.4 is 18.9 Å². The number of hydrogen-bond donors (Lipinski definition) is 0. The SMILES string of the molecule is CCCCCCCCOc1ccc(OCCCCCCCC)c(/C=C/c2ccc(/C=C/c3cc(OCCCCCCCC)ccc3OCCCCCCCC)cc2)c1. The summed E-state index contributed by atoms with van der Waals surface area (Å²) in [5.41, 5.74) is 4.40. The lowest BCUT2D eigenvalue weighted by Gasteiger charge is -2.13. The molecule has 0 bridgehead atoms. The van der Waals surface area contributed by atoms with Crippen LogP contribution in [0.2, 0.25) is 0 Å². The minimum Gasteiger partial charge on any atom is -0.494 e. The molecule has 0 aliphatic heterocycles. The molecule has 0 aromatic heterocycles. The molecule has 4 nitrogen and oxygen atoms in total. The van der Waals surface area contributed by atoms with Crippen LogP contribution in [0.3, 0.4) is 0 Å². The normalized spacial score (nSPS) is 11.5. The second kappa shape index (κ2) is 33.2. The van der Waals surface area contributed by atoms with Crippen LogP contribution in [0.15, 0.2) is 60.7 Å². The molecule has 3 rings (SSSR count). The molecule has 0 radical (unpaired) electrons. The maximum absolute atomic E-state index is 6.34. The van der Waals surface area contributed by atoms with Crippen molar-refractivity contribution in [2.75, 3.05) is 26.4 Å². The molecule has 322 valence electrons. The van der Waals surface area contributed by atoms with E-state index in [0.29, 0.717) is 0 Å². The summed E-state index contributed by atoms with van der Waals surface area (Å²) < 4.78 is 25.1. The first-order valence-electron chi connectivity index (χ1n) is 23.9. The summed E-state index contributed by atoms with van der Waals surface area (Å²) in [4.78, 5) is 0. The van der Waals surface area contributed by atoms with Gasteiger partial charge in [-0.05, 0) is 73.2 Å². The highest BCUT2D eigenvalue weighted by Gasteiger charge is 2.07. The topological polar surface area (TPSA) is 36.9 Å². The minimum atomic E-state index is 0.742. The lowest BCUT2D eigenvalue weighted by Crippen LogP contribution is -2.01. The fourth-order valence-electron chi connectivity index (χ4n) is 7.12. The third kappa shape index (κ3) is 22.5. The molecule has 0 aliphatic carbocycles. The maximum Gasteiger partial charge on any atom is 0.126 e. The number of benzene rings is 3. The Balaban J connectivity index is 1.66. The van der Waals surface area contributed by atoms with Crippen molar-refractivity contribution in [3.63, 3.8) is 0 Å². The highest BCUT2D eigenvalue weighted by Crippen LogP contribution is 2.29. The van der Waals surface area contributed by atoms with E-state index in [1.807, 2.05) is 0 Å². The zero-order valence-electron chi connectivity index (χ0n) is 37.5. The Bertz CT molecular complexity index is 1380. The van der Waals surface area contributed by atoms with Gasteiger partial charge in [0.15, 0.2) is 0 Å². The van der Waals surface area contributed by atoms with Gasteiger partial charge in [0, 0.05) is 11.1 Å². The summed E-state index contributed by atoms with van der Waals surface area (Å²) in [6.45, 7) is 12.1. The van der Waals surface area contributed by atoms with Crippen molar-refractivity contribution in [1.29, 1.82) is 0 Å². The molecule has 0 saturated carbocycles. The summed E-state index contributed by atoms with van der Waals surface area (Å²) in [6.07, 6.45) is 38.8. The summed E-state index contributed by atoms with van der Waals surface area (Å²) >= 11 is 0. The first-order chi connectivity index (χ1) is 28.7. The molecule has 0 spiro atoms. The number of rotatable bonds is 36. The summed E-state index contributed by atoms with van der Waals surface area (Å²) in [5, 5.41) is 0. The molecule has 3 aromatic carbocycles. The molecule has 0 saturated heterocycles. The zero-order valence-corrected chi connectivity index (χ0v) is 37.5. The fraction of sp³-hybridized carbons (Fsp3) is 0.593. The maximum atomic E-state index is 6.34. The molecule has 0 N–H and O–H groups in total. The number of unbranched alkanes of at least 4 members (excludes halogenated alkanes) is 20. The van der Waals surface area contributed by atoms with Gasteiger partial charge in [0.05, 0.1) is 26.4 Å². The number of hydrogen-bond acceptors (Lipinski definition) is 4. The van der Waals surface area contributed by atoms with E-state index in [0.717, 1.165) is 97.4 Å². The Kier molecular flexibility index (Phi) is 27.9. The lowest BCUT2D eigenvalue weighted by molar-refractivity contribution is 0.296. The Morgan fingerprint density at radius 3 is 0.931 bits per heavy atom. The molecule has 58 heavy (non-hydrogen) atoms. The first-order valence-corrected chi connectivity index (χ1v) is 23.9. The van der Waals surface area contributed by atoms with Crippen LogP contribution in [-0.4, -0.2) is 26.4 Å². The molecular weight excluding hydrogens is 713 g/mol. The van der Waals surface area contributed by atoms with Gasteiger partial charge in [0.1, 0.15) is 23.0 Å². The second-order valence-electron chi connectivity index (χ2n) is 16.2. The predicted octanol–water partition coefficient (Wildman–Crippen LogP) is 17.0. The minimum absolute atomic E-state index is 0.742. The monoisotopic (exact) mass is 795 g/mol. The molecule has 0 amide bonds. The third-order valence-electron chi connectivity index (χ3n) is 10.9. The van der Waals surface area contributed by atoms with Crippen LogP contribution in [-0.2, 0) is 0 Å². The van der Waals surface area contributed by atoms with Gasteiger partial charge in [-0.2, -0.15) is 0 Å². The summed E-state index contributed by atoms with van der Waals surface area (Å²) in [6, 6.07) is 21.3. The van der Waals surface area contributed by atoms with Crippen molar-refractivity contribution >= 4 is 24.3 Å². The van der Waals surface area contributed by atoms with E-state index < -0.39 is 0 Å². The molecule has 0 aliphatic rings. The molecule has 3 aromatic rings. The smallest absolute Gasteiger partial charge is 0.126 e. The summed E-state index contributed by atoms with van der Waals surface area (Å²) in [5.74, 6) is 3.66. The van der Waals surface area contributed by atoms with E-state index in [1.54, 1.807) is 0 Å². The standard InChI is InChI=1S/C54H82O4/c1-5-9-13-17-21-25-41-55-51-37-39-53(57-43-27-23-19-15-11-7-3)49(45-51)35-33-47-29-31-48(32-30-47)34-36-50-46-52(56-42-26-22-18-14-10-6-2)38-40-54(50)58-44-28-24-20-16-12-8-4/h29-40,45-46H,5-28,41-44H2,1-4H3/b35-33+,36-34+. The molecule has 4 heteroatoms. The van der Waals surface area contributed by atoms with Gasteiger partial charge in [-0.25, -0.2) is 0 Å². The van der Waals surface area contributed by atoms with Gasteiger partial charge < -0.3 is 18.9 Å². The average molecular weight is 795 g/mol. The van der Waals surface area contributed by atoms with Gasteiger partial charge in [-0.3, -0.25) is 0 Å². The van der Waals surface area contributed by atoms with Crippen LogP contribution in [0.4, 0.5) is 0 Å². The van der Waals surface area contributed by atoms with E-state index in [9.17, 15) is 0 Å². The Morgan fingerprint density at radius 2 is 0.603 bits per heavy atom. The van der Waals surface area contributed by atoms with Crippen LogP contribution in [0.1, 0.15) is 204 Å². The highest BCUT2D eigenvalue weighted by atomic mass is 16.5. The Hall–Kier alpha value is -3.66. The quantitative estimate of drug-likeness (QED) is 0.0434. The molecule has 0 fully saturated rings. The third-order valence-corrected chi connectivity index (χ3v) is 10.9. The first kappa shape index (κ1) is 48.7. The average Bonchev–Trinajstić information content (AvgIpc) is 3.25. The fourth-order valence-corrected chi connectivity index (χ4v) is 7.12. The lowest BCUT2D eigenvalue weighted by atomic mass is 10.1. The van der Waals surface area contributed by atoms with E-state index in [1.165, 1.54) is 128 Å². The van der Waals surface area contributed by atoms with Crippen molar-refractivity contribution in [2.45, 2.75) is 182 Å². The van der Waals surface area contributed by atoms with Crippen LogP contribution in [0.25, 0.3) is 24.3 Å². The number of ether oxygens (including phenoxy) is 4. The van der Waals surface area contributed by atoms with Crippen LogP contribution in [0.5, 0.6) is 23.0 Å². The molecule has 0 heterocycles. The Morgan fingerprint density at radius 1 is 0.310 bits per heavy atom. The van der Waals surface area contributed by atoms with Crippen molar-refractivity contribution in [2.24, 2.45) is 0 Å². The molecule has 0 unspecified atom stereocenters. The van der Waals surface area contributed by atoms with Crippen molar-refractivity contribution < 1.29 is 18.9 Å². The van der Waals surface area contributed by atoms with Gasteiger partial charge in [-0.1, -0.05) is 205 Å². The largest absolute Gasteiger partial charge is 0.494 e. The molecular formula is C54H82O4. The van der Waals surface area contributed by atoms with Gasteiger partial charge in [0.25, 0.3) is 0 Å². The van der Waals surface area contributed by atoms with Crippen molar-refractivity contribution in [1.82, 2.24) is 0 Å². The highest BCUT2D eigenvalue weighted by molar-refractivity contribution is 5.76. The van der Waals surface area contributed by atoms with Crippen LogP contribution >= 0.6 is 0 Å². The van der Waals surface area contributed by atoms with Crippen molar-refractivity contribution in [3.05, 3.63) is 82.9 Å². The predicted molar refractivity (Wildman–Crippen MR) is 253 cm³/mol. The second-order valence-corrected chi connectivity index (χ2v) is 16.2.